The van der Waals surface area contributed by atoms with Gasteiger partial charge in [-0.1, -0.05) is 0 Å². The lowest BCUT2D eigenvalue weighted by atomic mass is 10.1. The van der Waals surface area contributed by atoms with Crippen LogP contribution in [0.4, 0.5) is 0 Å². The van der Waals surface area contributed by atoms with Gasteiger partial charge < -0.3 is 10.8 Å². The van der Waals surface area contributed by atoms with Gasteiger partial charge in [0.2, 0.25) is 0 Å². The number of aromatic nitrogens is 1. The molecule has 1 aromatic heterocycles. The monoisotopic (exact) mass is 166 g/mol. The average molecular weight is 166 g/mol. The third-order valence-corrected chi connectivity index (χ3v) is 1.53. The summed E-state index contributed by atoms with van der Waals surface area (Å²) < 4.78 is 0. The molecule has 1 atom stereocenters. The molecule has 3 N–H and O–H groups in total. The van der Waals surface area contributed by atoms with Crippen molar-refractivity contribution in [1.29, 1.82) is 0 Å². The summed E-state index contributed by atoms with van der Waals surface area (Å²) in [5.74, 6) is 0. The largest absolute Gasteiger partial charge is 0.387 e. The summed E-state index contributed by atoms with van der Waals surface area (Å²) in [7, 11) is 0. The minimum absolute atomic E-state index is 0.141. The lowest BCUT2D eigenvalue weighted by Gasteiger charge is -2.06. The van der Waals surface area contributed by atoms with E-state index >= 15 is 0 Å². The number of nitrogens with two attached hydrogens (primary N) is 1. The molecule has 1 aromatic rings. The molecule has 0 bridgehead atoms. The number of rotatable bonds is 3. The molecule has 4 nitrogen and oxygen atoms in total. The van der Waals surface area contributed by atoms with Crippen molar-refractivity contribution < 1.29 is 9.90 Å². The maximum Gasteiger partial charge on any atom is 0.168 e. The van der Waals surface area contributed by atoms with E-state index in [1.807, 2.05) is 0 Å². The summed E-state index contributed by atoms with van der Waals surface area (Å²) in [5.41, 5.74) is 6.16. The molecule has 0 aliphatic heterocycles. The first-order valence-electron chi connectivity index (χ1n) is 3.57. The first-order valence-corrected chi connectivity index (χ1v) is 3.57. The minimum atomic E-state index is -0.716. The van der Waals surface area contributed by atoms with E-state index in [2.05, 4.69) is 4.98 Å². The van der Waals surface area contributed by atoms with Crippen LogP contribution in [0.25, 0.3) is 0 Å². The molecule has 12 heavy (non-hydrogen) atoms. The highest BCUT2D eigenvalue weighted by Gasteiger charge is 2.04. The summed E-state index contributed by atoms with van der Waals surface area (Å²) in [6.45, 7) is 0.141. The fourth-order valence-electron chi connectivity index (χ4n) is 0.873. The topological polar surface area (TPSA) is 76.2 Å². The molecule has 1 unspecified atom stereocenters. The number of carbonyl (C=O) groups excluding carboxylic acids is 1. The fourth-order valence-corrected chi connectivity index (χ4v) is 0.873. The lowest BCUT2D eigenvalue weighted by molar-refractivity contribution is 0.111. The van der Waals surface area contributed by atoms with Crippen LogP contribution in [0.5, 0.6) is 0 Å². The van der Waals surface area contributed by atoms with Gasteiger partial charge in [0.25, 0.3) is 0 Å². The molecule has 0 aliphatic carbocycles. The first kappa shape index (κ1) is 8.83. The van der Waals surface area contributed by atoms with Gasteiger partial charge in [0, 0.05) is 12.7 Å². The van der Waals surface area contributed by atoms with Crippen molar-refractivity contribution in [2.45, 2.75) is 6.10 Å². The number of nitrogens with zero attached hydrogens (tertiary/aromatic N) is 1. The maximum absolute atomic E-state index is 10.3. The molecule has 0 aromatic carbocycles. The molecule has 0 amide bonds. The normalized spacial score (nSPS) is 12.5. The number of hydrogen-bond acceptors (Lipinski definition) is 4. The van der Waals surface area contributed by atoms with Crippen molar-refractivity contribution in [2.24, 2.45) is 5.73 Å². The molecule has 0 saturated carbocycles. The maximum atomic E-state index is 10.3. The predicted octanol–water partition coefficient (Wildman–Crippen LogP) is -0.114. The SMILES string of the molecule is NCC(O)c1ccnc(C=O)c1. The van der Waals surface area contributed by atoms with Gasteiger partial charge in [-0.15, -0.1) is 0 Å². The Morgan fingerprint density at radius 2 is 2.50 bits per heavy atom. The molecule has 0 saturated heterocycles. The average Bonchev–Trinajstić information content (AvgIpc) is 2.17. The number of aldehydes is 1. The van der Waals surface area contributed by atoms with Crippen molar-refractivity contribution in [3.63, 3.8) is 0 Å². The van der Waals surface area contributed by atoms with Crippen molar-refractivity contribution in [1.82, 2.24) is 4.98 Å². The van der Waals surface area contributed by atoms with Gasteiger partial charge in [-0.05, 0) is 17.7 Å². The van der Waals surface area contributed by atoms with Gasteiger partial charge in [0.15, 0.2) is 6.29 Å². The van der Waals surface area contributed by atoms with E-state index < -0.39 is 6.10 Å². The van der Waals surface area contributed by atoms with Crippen LogP contribution in [-0.2, 0) is 0 Å². The smallest absolute Gasteiger partial charge is 0.168 e. The van der Waals surface area contributed by atoms with E-state index in [4.69, 9.17) is 5.73 Å². The highest BCUT2D eigenvalue weighted by atomic mass is 16.3. The van der Waals surface area contributed by atoms with Gasteiger partial charge in [-0.2, -0.15) is 0 Å². The predicted molar refractivity (Wildman–Crippen MR) is 43.6 cm³/mol. The van der Waals surface area contributed by atoms with Crippen molar-refractivity contribution in [3.05, 3.63) is 29.6 Å². The second kappa shape index (κ2) is 3.94. The Morgan fingerprint density at radius 1 is 1.75 bits per heavy atom. The molecule has 1 rings (SSSR count). The number of pyridine rings is 1. The molecule has 1 heterocycles. The van der Waals surface area contributed by atoms with Crippen LogP contribution in [0.1, 0.15) is 22.2 Å². The highest BCUT2D eigenvalue weighted by molar-refractivity contribution is 5.71. The quantitative estimate of drug-likeness (QED) is 0.614. The summed E-state index contributed by atoms with van der Waals surface area (Å²) in [5, 5.41) is 9.28. The van der Waals surface area contributed by atoms with Crippen molar-refractivity contribution in [3.8, 4) is 0 Å². The van der Waals surface area contributed by atoms with Gasteiger partial charge >= 0.3 is 0 Å². The summed E-state index contributed by atoms with van der Waals surface area (Å²) in [6, 6.07) is 3.15. The Balaban J connectivity index is 2.93. The summed E-state index contributed by atoms with van der Waals surface area (Å²) in [4.78, 5) is 14.0. The Labute approximate surface area is 70.0 Å². The van der Waals surface area contributed by atoms with E-state index in [9.17, 15) is 9.90 Å². The lowest BCUT2D eigenvalue weighted by Crippen LogP contribution is -2.11. The first-order chi connectivity index (χ1) is 5.77. The van der Waals surface area contributed by atoms with Gasteiger partial charge in [-0.25, -0.2) is 0 Å². The van der Waals surface area contributed by atoms with Crippen molar-refractivity contribution in [2.75, 3.05) is 6.54 Å². The number of hydrogen-bond donors (Lipinski definition) is 2. The minimum Gasteiger partial charge on any atom is -0.387 e. The van der Waals surface area contributed by atoms with Crippen LogP contribution in [0.15, 0.2) is 18.3 Å². The number of aliphatic hydroxyl groups excluding tert-OH is 1. The number of aliphatic hydroxyl groups is 1. The third-order valence-electron chi connectivity index (χ3n) is 1.53. The van der Waals surface area contributed by atoms with Crippen LogP contribution in [0.2, 0.25) is 0 Å². The molecular formula is C8H10N2O2. The zero-order chi connectivity index (χ0) is 8.97. The Morgan fingerprint density at radius 3 is 3.08 bits per heavy atom. The van der Waals surface area contributed by atoms with Crippen LogP contribution in [-0.4, -0.2) is 22.9 Å². The van der Waals surface area contributed by atoms with Crippen LogP contribution in [0, 0.1) is 0 Å². The van der Waals surface area contributed by atoms with E-state index in [0.717, 1.165) is 0 Å². The van der Waals surface area contributed by atoms with Gasteiger partial charge in [0.1, 0.15) is 5.69 Å². The highest BCUT2D eigenvalue weighted by Crippen LogP contribution is 2.10. The third kappa shape index (κ3) is 1.87. The Kier molecular flexibility index (Phi) is 2.90. The molecule has 0 spiro atoms. The molecule has 0 aliphatic rings. The van der Waals surface area contributed by atoms with E-state index in [0.29, 0.717) is 17.5 Å². The Bertz CT molecular complexity index is 276. The fraction of sp³-hybridized carbons (Fsp3) is 0.250. The second-order valence-electron chi connectivity index (χ2n) is 2.38. The standard InChI is InChI=1S/C8H10N2O2/c9-4-8(12)6-1-2-10-7(3-6)5-11/h1-3,5,8,12H,4,9H2. The zero-order valence-electron chi connectivity index (χ0n) is 6.47. The second-order valence-corrected chi connectivity index (χ2v) is 2.38. The van der Waals surface area contributed by atoms with Crippen LogP contribution in [0.3, 0.4) is 0 Å². The molecule has 4 heteroatoms. The molecule has 64 valence electrons. The summed E-state index contributed by atoms with van der Waals surface area (Å²) >= 11 is 0. The van der Waals surface area contributed by atoms with E-state index in [1.54, 1.807) is 6.07 Å². The van der Waals surface area contributed by atoms with Gasteiger partial charge in [-0.3, -0.25) is 9.78 Å². The van der Waals surface area contributed by atoms with Crippen LogP contribution < -0.4 is 5.73 Å². The molecule has 0 fully saturated rings. The van der Waals surface area contributed by atoms with E-state index in [-0.39, 0.29) is 6.54 Å². The Hall–Kier alpha value is -1.26. The molecular weight excluding hydrogens is 156 g/mol. The molecule has 0 radical (unpaired) electrons. The summed E-state index contributed by atoms with van der Waals surface area (Å²) in [6.07, 6.45) is 1.39. The van der Waals surface area contributed by atoms with E-state index in [1.165, 1.54) is 12.3 Å². The zero-order valence-corrected chi connectivity index (χ0v) is 6.47. The van der Waals surface area contributed by atoms with Gasteiger partial charge in [0.05, 0.1) is 6.10 Å². The van der Waals surface area contributed by atoms with Crippen molar-refractivity contribution >= 4 is 6.29 Å². The van der Waals surface area contributed by atoms with Crippen LogP contribution >= 0.6 is 0 Å². The number of carbonyl (C=O) groups is 1.